The topological polar surface area (TPSA) is 44.9 Å². The first kappa shape index (κ1) is 18.2. The Balaban J connectivity index is 1.41. The first-order valence-corrected chi connectivity index (χ1v) is 9.76. The lowest BCUT2D eigenvalue weighted by Gasteiger charge is -2.05. The van der Waals surface area contributed by atoms with E-state index < -0.39 is 0 Å². The summed E-state index contributed by atoms with van der Waals surface area (Å²) < 4.78 is 0. The zero-order chi connectivity index (χ0) is 17.6. The minimum Gasteiger partial charge on any atom is -0.361 e. The Labute approximate surface area is 161 Å². The fourth-order valence-electron chi connectivity index (χ4n) is 2.57. The number of carbonyl (C=O) groups is 1. The van der Waals surface area contributed by atoms with Gasteiger partial charge in [0.2, 0.25) is 5.91 Å². The van der Waals surface area contributed by atoms with Crippen LogP contribution in [0.3, 0.4) is 0 Å². The first-order chi connectivity index (χ1) is 12.1. The van der Waals surface area contributed by atoms with Gasteiger partial charge in [-0.1, -0.05) is 23.2 Å². The van der Waals surface area contributed by atoms with Crippen LogP contribution >= 0.6 is 35.0 Å². The Bertz CT molecular complexity index is 861. The first-order valence-electron chi connectivity index (χ1n) is 8.02. The van der Waals surface area contributed by atoms with E-state index in [0.29, 0.717) is 13.0 Å². The molecule has 0 saturated carbocycles. The molecule has 3 rings (SSSR count). The van der Waals surface area contributed by atoms with Crippen LogP contribution in [-0.2, 0) is 11.2 Å². The predicted molar refractivity (Wildman–Crippen MR) is 107 cm³/mol. The molecule has 0 unspecified atom stereocenters. The average molecular weight is 393 g/mol. The van der Waals surface area contributed by atoms with E-state index in [9.17, 15) is 4.79 Å². The highest BCUT2D eigenvalue weighted by molar-refractivity contribution is 7.99. The molecule has 25 heavy (non-hydrogen) atoms. The van der Waals surface area contributed by atoms with Crippen LogP contribution in [-0.4, -0.2) is 23.2 Å². The molecule has 1 amide bonds. The molecule has 0 radical (unpaired) electrons. The summed E-state index contributed by atoms with van der Waals surface area (Å²) in [5, 5.41) is 5.53. The normalized spacial score (nSPS) is 11.0. The van der Waals surface area contributed by atoms with Crippen molar-refractivity contribution in [2.24, 2.45) is 0 Å². The van der Waals surface area contributed by atoms with E-state index in [1.165, 1.54) is 0 Å². The van der Waals surface area contributed by atoms with E-state index >= 15 is 0 Å². The van der Waals surface area contributed by atoms with Crippen molar-refractivity contribution in [3.05, 3.63) is 64.3 Å². The van der Waals surface area contributed by atoms with E-state index in [-0.39, 0.29) is 5.91 Å². The Hall–Kier alpha value is -1.62. The van der Waals surface area contributed by atoms with Gasteiger partial charge in [0.05, 0.1) is 0 Å². The van der Waals surface area contributed by atoms with Crippen LogP contribution in [0.15, 0.2) is 53.6 Å². The highest BCUT2D eigenvalue weighted by atomic mass is 35.5. The number of H-pyrrole nitrogens is 1. The third kappa shape index (κ3) is 5.18. The summed E-state index contributed by atoms with van der Waals surface area (Å²) in [6, 6.07) is 13.4. The lowest BCUT2D eigenvalue weighted by atomic mass is 10.1. The van der Waals surface area contributed by atoms with Crippen LogP contribution in [0, 0.1) is 0 Å². The lowest BCUT2D eigenvalue weighted by molar-refractivity contribution is -0.120. The van der Waals surface area contributed by atoms with Gasteiger partial charge in [-0.05, 0) is 54.4 Å². The third-order valence-electron chi connectivity index (χ3n) is 3.86. The van der Waals surface area contributed by atoms with Crippen molar-refractivity contribution in [3.63, 3.8) is 0 Å². The van der Waals surface area contributed by atoms with Gasteiger partial charge in [0.1, 0.15) is 0 Å². The van der Waals surface area contributed by atoms with Crippen molar-refractivity contribution in [2.45, 2.75) is 17.7 Å². The molecule has 1 heterocycles. The molecule has 0 aliphatic rings. The summed E-state index contributed by atoms with van der Waals surface area (Å²) in [5.41, 5.74) is 2.22. The number of thioether (sulfide) groups is 1. The number of fused-ring (bicyclic) bond motifs is 1. The molecule has 0 spiro atoms. The molecule has 1 aromatic heterocycles. The number of nitrogens with one attached hydrogen (secondary N) is 2. The second-order valence-corrected chi connectivity index (χ2v) is 7.70. The van der Waals surface area contributed by atoms with Crippen molar-refractivity contribution in [3.8, 4) is 0 Å². The van der Waals surface area contributed by atoms with E-state index in [1.807, 2.05) is 48.7 Å². The van der Waals surface area contributed by atoms with Crippen LogP contribution in [0.2, 0.25) is 10.0 Å². The van der Waals surface area contributed by atoms with Crippen molar-refractivity contribution < 1.29 is 4.79 Å². The molecule has 6 heteroatoms. The van der Waals surface area contributed by atoms with Crippen LogP contribution < -0.4 is 5.32 Å². The SMILES string of the molecule is O=C(CCSc1ccc(Cl)cc1)NCCc1c[nH]c2ccc(Cl)cc12. The third-order valence-corrected chi connectivity index (χ3v) is 5.36. The van der Waals surface area contributed by atoms with Gasteiger partial charge in [0, 0.05) is 50.8 Å². The molecule has 3 nitrogen and oxygen atoms in total. The standard InChI is InChI=1S/C19H18Cl2N2OS/c20-14-1-4-16(5-2-14)25-10-8-19(24)22-9-7-13-12-23-18-6-3-15(21)11-17(13)18/h1-6,11-12,23H,7-10H2,(H,22,24). The monoisotopic (exact) mass is 392 g/mol. The van der Waals surface area contributed by atoms with Crippen molar-refractivity contribution in [1.29, 1.82) is 0 Å². The van der Waals surface area contributed by atoms with Gasteiger partial charge in [0.25, 0.3) is 0 Å². The smallest absolute Gasteiger partial charge is 0.220 e. The number of halogens is 2. The molecule has 2 aromatic carbocycles. The molecule has 0 atom stereocenters. The van der Waals surface area contributed by atoms with Gasteiger partial charge in [-0.3, -0.25) is 4.79 Å². The molecule has 0 bridgehead atoms. The molecule has 0 saturated heterocycles. The summed E-state index contributed by atoms with van der Waals surface area (Å²) in [6.07, 6.45) is 3.24. The molecule has 130 valence electrons. The van der Waals surface area contributed by atoms with Gasteiger partial charge >= 0.3 is 0 Å². The van der Waals surface area contributed by atoms with Crippen molar-refractivity contribution in [2.75, 3.05) is 12.3 Å². The summed E-state index contributed by atoms with van der Waals surface area (Å²) in [7, 11) is 0. The van der Waals surface area contributed by atoms with Gasteiger partial charge in [-0.15, -0.1) is 11.8 Å². The Kier molecular flexibility index (Phi) is 6.29. The number of benzene rings is 2. The van der Waals surface area contributed by atoms with Crippen molar-refractivity contribution in [1.82, 2.24) is 10.3 Å². The Morgan fingerprint density at radius 2 is 1.84 bits per heavy atom. The number of aromatic amines is 1. The average Bonchev–Trinajstić information content (AvgIpc) is 2.99. The van der Waals surface area contributed by atoms with Crippen LogP contribution in [0.1, 0.15) is 12.0 Å². The van der Waals surface area contributed by atoms with E-state index in [0.717, 1.165) is 43.6 Å². The molecular formula is C19H18Cl2N2OS. The van der Waals surface area contributed by atoms with E-state index in [2.05, 4.69) is 10.3 Å². The Morgan fingerprint density at radius 3 is 2.64 bits per heavy atom. The maximum atomic E-state index is 12.0. The minimum absolute atomic E-state index is 0.0688. The van der Waals surface area contributed by atoms with Crippen LogP contribution in [0.4, 0.5) is 0 Å². The number of hydrogen-bond acceptors (Lipinski definition) is 2. The number of amides is 1. The largest absolute Gasteiger partial charge is 0.361 e. The summed E-state index contributed by atoms with van der Waals surface area (Å²) in [4.78, 5) is 16.3. The number of rotatable bonds is 7. The second kappa shape index (κ2) is 8.65. The highest BCUT2D eigenvalue weighted by Gasteiger charge is 2.06. The fraction of sp³-hybridized carbons (Fsp3) is 0.211. The lowest BCUT2D eigenvalue weighted by Crippen LogP contribution is -2.25. The maximum Gasteiger partial charge on any atom is 0.220 e. The van der Waals surface area contributed by atoms with Gasteiger partial charge < -0.3 is 10.3 Å². The van der Waals surface area contributed by atoms with Gasteiger partial charge in [0.15, 0.2) is 0 Å². The zero-order valence-corrected chi connectivity index (χ0v) is 15.8. The number of carbonyl (C=O) groups excluding carboxylic acids is 1. The summed E-state index contributed by atoms with van der Waals surface area (Å²) in [5.74, 6) is 0.815. The second-order valence-electron chi connectivity index (χ2n) is 5.66. The number of aromatic nitrogens is 1. The van der Waals surface area contributed by atoms with Crippen LogP contribution in [0.25, 0.3) is 10.9 Å². The molecular weight excluding hydrogens is 375 g/mol. The molecule has 0 aliphatic carbocycles. The minimum atomic E-state index is 0.0688. The molecule has 0 aliphatic heterocycles. The maximum absolute atomic E-state index is 12.0. The summed E-state index contributed by atoms with van der Waals surface area (Å²) >= 11 is 13.6. The van der Waals surface area contributed by atoms with Gasteiger partial charge in [-0.2, -0.15) is 0 Å². The van der Waals surface area contributed by atoms with Crippen molar-refractivity contribution >= 4 is 51.8 Å². The quantitative estimate of drug-likeness (QED) is 0.534. The molecule has 3 aromatic rings. The predicted octanol–water partition coefficient (Wildman–Crippen LogP) is 5.32. The molecule has 2 N–H and O–H groups in total. The van der Waals surface area contributed by atoms with Gasteiger partial charge in [-0.25, -0.2) is 0 Å². The van der Waals surface area contributed by atoms with E-state index in [1.54, 1.807) is 11.8 Å². The highest BCUT2D eigenvalue weighted by Crippen LogP contribution is 2.23. The van der Waals surface area contributed by atoms with Crippen LogP contribution in [0.5, 0.6) is 0 Å². The number of hydrogen-bond donors (Lipinski definition) is 2. The fourth-order valence-corrected chi connectivity index (χ4v) is 3.72. The van der Waals surface area contributed by atoms with E-state index in [4.69, 9.17) is 23.2 Å². The molecule has 0 fully saturated rings. The Morgan fingerprint density at radius 1 is 1.08 bits per heavy atom. The zero-order valence-electron chi connectivity index (χ0n) is 13.5. The summed E-state index contributed by atoms with van der Waals surface area (Å²) in [6.45, 7) is 0.615.